The van der Waals surface area contributed by atoms with Crippen LogP contribution in [-0.2, 0) is 0 Å². The molecule has 2 heterocycles. The van der Waals surface area contributed by atoms with Crippen molar-refractivity contribution in [2.24, 2.45) is 5.10 Å². The molecule has 0 saturated carbocycles. The first-order valence-electron chi connectivity index (χ1n) is 7.34. The van der Waals surface area contributed by atoms with Gasteiger partial charge in [-0.15, -0.1) is 0 Å². The Bertz CT molecular complexity index is 814. The largest absolute Gasteiger partial charge is 0.265 e. The normalized spacial score (nSPS) is 10.9. The Balaban J connectivity index is 1.87. The molecular formula is C18H17N5. The number of nitrogens with one attached hydrogen (secondary N) is 1. The maximum absolute atomic E-state index is 4.59. The van der Waals surface area contributed by atoms with E-state index in [4.69, 9.17) is 0 Å². The van der Waals surface area contributed by atoms with Crippen LogP contribution in [0.2, 0.25) is 0 Å². The molecular weight excluding hydrogens is 286 g/mol. The number of aryl methyl sites for hydroxylation is 1. The van der Waals surface area contributed by atoms with Gasteiger partial charge in [0.25, 0.3) is 0 Å². The van der Waals surface area contributed by atoms with Crippen LogP contribution in [0.25, 0.3) is 11.4 Å². The van der Waals surface area contributed by atoms with Crippen molar-refractivity contribution in [3.8, 4) is 11.4 Å². The highest BCUT2D eigenvalue weighted by Gasteiger charge is 2.08. The molecule has 1 N–H and O–H groups in total. The highest BCUT2D eigenvalue weighted by atomic mass is 15.3. The van der Waals surface area contributed by atoms with Crippen LogP contribution in [0.5, 0.6) is 0 Å². The summed E-state index contributed by atoms with van der Waals surface area (Å²) in [7, 11) is 0. The van der Waals surface area contributed by atoms with Crippen LogP contribution >= 0.6 is 0 Å². The molecule has 0 spiro atoms. The summed E-state index contributed by atoms with van der Waals surface area (Å²) in [5.41, 5.74) is 6.88. The maximum atomic E-state index is 4.59. The minimum Gasteiger partial charge on any atom is -0.265 e. The van der Waals surface area contributed by atoms with Crippen molar-refractivity contribution in [3.05, 3.63) is 71.7 Å². The molecule has 3 rings (SSSR count). The lowest BCUT2D eigenvalue weighted by Crippen LogP contribution is -2.03. The fraction of sp³-hybridized carbons (Fsp3) is 0.111. The van der Waals surface area contributed by atoms with Gasteiger partial charge in [-0.05, 0) is 31.5 Å². The van der Waals surface area contributed by atoms with Gasteiger partial charge in [-0.2, -0.15) is 5.10 Å². The van der Waals surface area contributed by atoms with E-state index in [-0.39, 0.29) is 0 Å². The molecule has 3 aromatic rings. The Kier molecular flexibility index (Phi) is 4.38. The molecule has 2 aromatic heterocycles. The number of nitrogens with zero attached hydrogens (tertiary/aromatic N) is 4. The standard InChI is InChI=1S/C18H17N5/c1-13-14(2)21-18(16-6-4-3-5-7-16)22-17(13)23-20-12-15-8-10-19-11-9-15/h3-12H,1-2H3,(H,21,22,23)/b20-12+. The molecule has 1 aromatic carbocycles. The maximum Gasteiger partial charge on any atom is 0.161 e. The SMILES string of the molecule is Cc1nc(-c2ccccc2)nc(N/N=C/c2ccncc2)c1C. The predicted octanol–water partition coefficient (Wildman–Crippen LogP) is 3.60. The number of benzene rings is 1. The van der Waals surface area contributed by atoms with Gasteiger partial charge in [0.05, 0.1) is 6.21 Å². The first-order valence-corrected chi connectivity index (χ1v) is 7.34. The highest BCUT2D eigenvalue weighted by Crippen LogP contribution is 2.21. The quantitative estimate of drug-likeness (QED) is 0.591. The summed E-state index contributed by atoms with van der Waals surface area (Å²) in [5.74, 6) is 1.40. The summed E-state index contributed by atoms with van der Waals surface area (Å²) in [6.45, 7) is 3.95. The average Bonchev–Trinajstić information content (AvgIpc) is 2.60. The van der Waals surface area contributed by atoms with E-state index in [9.17, 15) is 0 Å². The van der Waals surface area contributed by atoms with E-state index in [1.54, 1.807) is 18.6 Å². The molecule has 0 bridgehead atoms. The van der Waals surface area contributed by atoms with Gasteiger partial charge >= 0.3 is 0 Å². The van der Waals surface area contributed by atoms with Gasteiger partial charge in [-0.1, -0.05) is 30.3 Å². The molecule has 5 heteroatoms. The van der Waals surface area contributed by atoms with Gasteiger partial charge in [-0.3, -0.25) is 10.4 Å². The Hall–Kier alpha value is -3.08. The second-order valence-electron chi connectivity index (χ2n) is 5.12. The third-order valence-electron chi connectivity index (χ3n) is 3.51. The molecule has 114 valence electrons. The molecule has 0 aliphatic carbocycles. The second kappa shape index (κ2) is 6.79. The van der Waals surface area contributed by atoms with Gasteiger partial charge in [0.1, 0.15) is 0 Å². The van der Waals surface area contributed by atoms with Crippen molar-refractivity contribution in [2.45, 2.75) is 13.8 Å². The van der Waals surface area contributed by atoms with Crippen LogP contribution in [-0.4, -0.2) is 21.2 Å². The Labute approximate surface area is 135 Å². The molecule has 0 aliphatic rings. The molecule has 0 aliphatic heterocycles. The van der Waals surface area contributed by atoms with Gasteiger partial charge in [0.2, 0.25) is 0 Å². The fourth-order valence-electron chi connectivity index (χ4n) is 2.07. The van der Waals surface area contributed by atoms with Gasteiger partial charge in [0, 0.05) is 29.2 Å². The summed E-state index contributed by atoms with van der Waals surface area (Å²) < 4.78 is 0. The third kappa shape index (κ3) is 3.58. The number of hydrogen-bond donors (Lipinski definition) is 1. The molecule has 0 saturated heterocycles. The summed E-state index contributed by atoms with van der Waals surface area (Å²) in [5, 5.41) is 4.26. The van der Waals surface area contributed by atoms with Crippen molar-refractivity contribution < 1.29 is 0 Å². The van der Waals surface area contributed by atoms with Gasteiger partial charge in [0.15, 0.2) is 11.6 Å². The Morgan fingerprint density at radius 3 is 2.43 bits per heavy atom. The lowest BCUT2D eigenvalue weighted by atomic mass is 10.2. The van der Waals surface area contributed by atoms with Crippen molar-refractivity contribution >= 4 is 12.0 Å². The van der Waals surface area contributed by atoms with Crippen molar-refractivity contribution in [2.75, 3.05) is 5.43 Å². The minimum absolute atomic E-state index is 0.690. The van der Waals surface area contributed by atoms with Gasteiger partial charge < -0.3 is 0 Å². The van der Waals surface area contributed by atoms with Crippen LogP contribution in [0.1, 0.15) is 16.8 Å². The van der Waals surface area contributed by atoms with Crippen molar-refractivity contribution in [3.63, 3.8) is 0 Å². The zero-order chi connectivity index (χ0) is 16.1. The molecule has 5 nitrogen and oxygen atoms in total. The molecule has 0 fully saturated rings. The molecule has 0 unspecified atom stereocenters. The van der Waals surface area contributed by atoms with Gasteiger partial charge in [-0.25, -0.2) is 9.97 Å². The second-order valence-corrected chi connectivity index (χ2v) is 5.12. The number of anilines is 1. The van der Waals surface area contributed by atoms with E-state index in [0.29, 0.717) is 11.6 Å². The third-order valence-corrected chi connectivity index (χ3v) is 3.51. The zero-order valence-electron chi connectivity index (χ0n) is 13.1. The molecule has 0 radical (unpaired) electrons. The summed E-state index contributed by atoms with van der Waals surface area (Å²) in [6.07, 6.45) is 5.20. The minimum atomic E-state index is 0.690. The van der Waals surface area contributed by atoms with E-state index in [1.165, 1.54) is 0 Å². The average molecular weight is 303 g/mol. The number of hydrogen-bond acceptors (Lipinski definition) is 5. The van der Waals surface area contributed by atoms with Crippen LogP contribution in [0.15, 0.2) is 60.0 Å². The van der Waals surface area contributed by atoms with Crippen LogP contribution in [0.3, 0.4) is 0 Å². The predicted molar refractivity (Wildman–Crippen MR) is 92.4 cm³/mol. The summed E-state index contributed by atoms with van der Waals surface area (Å²) >= 11 is 0. The smallest absolute Gasteiger partial charge is 0.161 e. The highest BCUT2D eigenvalue weighted by molar-refractivity contribution is 5.79. The fourth-order valence-corrected chi connectivity index (χ4v) is 2.07. The first kappa shape index (κ1) is 14.8. The van der Waals surface area contributed by atoms with Crippen LogP contribution in [0.4, 0.5) is 5.82 Å². The van der Waals surface area contributed by atoms with Crippen LogP contribution < -0.4 is 5.43 Å². The number of aromatic nitrogens is 3. The molecule has 0 atom stereocenters. The lowest BCUT2D eigenvalue weighted by molar-refractivity contribution is 1.06. The topological polar surface area (TPSA) is 63.1 Å². The number of pyridine rings is 1. The first-order chi connectivity index (χ1) is 11.2. The van der Waals surface area contributed by atoms with E-state index >= 15 is 0 Å². The lowest BCUT2D eigenvalue weighted by Gasteiger charge is -2.09. The number of rotatable bonds is 4. The van der Waals surface area contributed by atoms with Crippen LogP contribution in [0, 0.1) is 13.8 Å². The van der Waals surface area contributed by atoms with E-state index in [1.807, 2.05) is 56.3 Å². The summed E-state index contributed by atoms with van der Waals surface area (Å²) in [6, 6.07) is 13.7. The Morgan fingerprint density at radius 1 is 0.957 bits per heavy atom. The van der Waals surface area contributed by atoms with Crippen molar-refractivity contribution in [1.29, 1.82) is 0 Å². The zero-order valence-corrected chi connectivity index (χ0v) is 13.1. The van der Waals surface area contributed by atoms with E-state index in [0.717, 1.165) is 22.4 Å². The Morgan fingerprint density at radius 2 is 1.70 bits per heavy atom. The van der Waals surface area contributed by atoms with E-state index < -0.39 is 0 Å². The number of hydrazone groups is 1. The monoisotopic (exact) mass is 303 g/mol. The molecule has 23 heavy (non-hydrogen) atoms. The molecule has 0 amide bonds. The summed E-state index contributed by atoms with van der Waals surface area (Å²) in [4.78, 5) is 13.1. The van der Waals surface area contributed by atoms with Crippen molar-refractivity contribution in [1.82, 2.24) is 15.0 Å². The van der Waals surface area contributed by atoms with E-state index in [2.05, 4.69) is 25.5 Å².